The summed E-state index contributed by atoms with van der Waals surface area (Å²) in [6.45, 7) is 6.68. The van der Waals surface area contributed by atoms with Crippen LogP contribution in [-0.2, 0) is 4.74 Å². The first-order chi connectivity index (χ1) is 7.25. The van der Waals surface area contributed by atoms with Crippen molar-refractivity contribution in [2.45, 2.75) is 58.0 Å². The fraction of sp³-hybridized carbons (Fsp3) is 1.00. The minimum atomic E-state index is 0.684. The van der Waals surface area contributed by atoms with Crippen molar-refractivity contribution in [3.63, 3.8) is 0 Å². The van der Waals surface area contributed by atoms with Gasteiger partial charge in [0.05, 0.1) is 0 Å². The third kappa shape index (κ3) is 3.18. The van der Waals surface area contributed by atoms with Crippen molar-refractivity contribution in [3.8, 4) is 0 Å². The van der Waals surface area contributed by atoms with Crippen LogP contribution < -0.4 is 5.32 Å². The molecule has 1 N–H and O–H groups in total. The molecule has 0 aromatic rings. The molecule has 0 amide bonds. The van der Waals surface area contributed by atoms with Gasteiger partial charge in [-0.05, 0) is 50.9 Å². The second-order valence-corrected chi connectivity index (χ2v) is 5.52. The molecule has 2 rings (SSSR count). The molecule has 2 heteroatoms. The lowest BCUT2D eigenvalue weighted by molar-refractivity contribution is 0.0544. The fourth-order valence-corrected chi connectivity index (χ4v) is 3.08. The van der Waals surface area contributed by atoms with E-state index in [9.17, 15) is 0 Å². The lowest BCUT2D eigenvalue weighted by atomic mass is 9.92. The van der Waals surface area contributed by atoms with Gasteiger partial charge in [-0.2, -0.15) is 0 Å². The van der Waals surface area contributed by atoms with Crippen LogP contribution in [-0.4, -0.2) is 25.3 Å². The molecule has 88 valence electrons. The zero-order chi connectivity index (χ0) is 10.7. The average molecular weight is 211 g/mol. The van der Waals surface area contributed by atoms with Gasteiger partial charge >= 0.3 is 0 Å². The van der Waals surface area contributed by atoms with E-state index in [1.807, 2.05) is 0 Å². The zero-order valence-electron chi connectivity index (χ0n) is 10.2. The fourth-order valence-electron chi connectivity index (χ4n) is 3.08. The SMILES string of the molecule is CC1CCC(NC(C)C2CCOCC2)C1. The van der Waals surface area contributed by atoms with Gasteiger partial charge in [0.15, 0.2) is 0 Å². The summed E-state index contributed by atoms with van der Waals surface area (Å²) in [5.74, 6) is 1.78. The van der Waals surface area contributed by atoms with E-state index < -0.39 is 0 Å². The van der Waals surface area contributed by atoms with Gasteiger partial charge in [-0.25, -0.2) is 0 Å². The normalized spacial score (nSPS) is 35.6. The number of rotatable bonds is 3. The second kappa shape index (κ2) is 5.31. The largest absolute Gasteiger partial charge is 0.381 e. The van der Waals surface area contributed by atoms with Crippen molar-refractivity contribution in [2.24, 2.45) is 11.8 Å². The van der Waals surface area contributed by atoms with Crippen molar-refractivity contribution >= 4 is 0 Å². The summed E-state index contributed by atoms with van der Waals surface area (Å²) in [6, 6.07) is 1.47. The quantitative estimate of drug-likeness (QED) is 0.774. The summed E-state index contributed by atoms with van der Waals surface area (Å²) in [6.07, 6.45) is 6.67. The molecule has 2 aliphatic rings. The zero-order valence-corrected chi connectivity index (χ0v) is 10.2. The molecule has 0 bridgehead atoms. The Morgan fingerprint density at radius 2 is 1.87 bits per heavy atom. The van der Waals surface area contributed by atoms with Crippen molar-refractivity contribution < 1.29 is 4.74 Å². The van der Waals surface area contributed by atoms with Crippen molar-refractivity contribution in [1.82, 2.24) is 5.32 Å². The summed E-state index contributed by atoms with van der Waals surface area (Å²) in [5.41, 5.74) is 0. The van der Waals surface area contributed by atoms with E-state index in [0.29, 0.717) is 6.04 Å². The van der Waals surface area contributed by atoms with E-state index >= 15 is 0 Å². The number of hydrogen-bond donors (Lipinski definition) is 1. The first-order valence-electron chi connectivity index (χ1n) is 6.59. The molecule has 0 spiro atoms. The molecule has 1 heterocycles. The van der Waals surface area contributed by atoms with Gasteiger partial charge in [0.25, 0.3) is 0 Å². The van der Waals surface area contributed by atoms with Crippen molar-refractivity contribution in [3.05, 3.63) is 0 Å². The highest BCUT2D eigenvalue weighted by atomic mass is 16.5. The molecule has 1 aliphatic carbocycles. The minimum Gasteiger partial charge on any atom is -0.381 e. The predicted octanol–water partition coefficient (Wildman–Crippen LogP) is 2.58. The second-order valence-electron chi connectivity index (χ2n) is 5.52. The Morgan fingerprint density at radius 3 is 2.47 bits per heavy atom. The van der Waals surface area contributed by atoms with E-state index in [1.54, 1.807) is 0 Å². The summed E-state index contributed by atoms with van der Waals surface area (Å²) in [7, 11) is 0. The van der Waals surface area contributed by atoms with Crippen LogP contribution >= 0.6 is 0 Å². The van der Waals surface area contributed by atoms with Crippen LogP contribution in [0, 0.1) is 11.8 Å². The maximum absolute atomic E-state index is 5.41. The van der Waals surface area contributed by atoms with Gasteiger partial charge in [-0.3, -0.25) is 0 Å². The molecule has 3 atom stereocenters. The molecule has 2 fully saturated rings. The van der Waals surface area contributed by atoms with E-state index in [2.05, 4.69) is 19.2 Å². The average Bonchev–Trinajstić information content (AvgIpc) is 2.65. The molecule has 0 radical (unpaired) electrons. The van der Waals surface area contributed by atoms with Crippen LogP contribution in [0.4, 0.5) is 0 Å². The van der Waals surface area contributed by atoms with Gasteiger partial charge in [-0.1, -0.05) is 6.92 Å². The van der Waals surface area contributed by atoms with E-state index in [4.69, 9.17) is 4.74 Å². The Morgan fingerprint density at radius 1 is 1.13 bits per heavy atom. The maximum atomic E-state index is 5.41. The molecular weight excluding hydrogens is 186 g/mol. The van der Waals surface area contributed by atoms with Gasteiger partial charge < -0.3 is 10.1 Å². The van der Waals surface area contributed by atoms with Crippen LogP contribution in [0.25, 0.3) is 0 Å². The summed E-state index contributed by atoms with van der Waals surface area (Å²) in [5, 5.41) is 3.82. The first kappa shape index (κ1) is 11.4. The Balaban J connectivity index is 1.73. The van der Waals surface area contributed by atoms with Crippen LogP contribution in [0.15, 0.2) is 0 Å². The lowest BCUT2D eigenvalue weighted by Gasteiger charge is -2.30. The Bertz CT molecular complexity index is 189. The third-order valence-corrected chi connectivity index (χ3v) is 4.17. The van der Waals surface area contributed by atoms with Crippen molar-refractivity contribution in [2.75, 3.05) is 13.2 Å². The van der Waals surface area contributed by atoms with Gasteiger partial charge in [0, 0.05) is 25.3 Å². The maximum Gasteiger partial charge on any atom is 0.0469 e. The highest BCUT2D eigenvalue weighted by molar-refractivity contribution is 4.83. The van der Waals surface area contributed by atoms with E-state index in [1.165, 1.54) is 32.1 Å². The smallest absolute Gasteiger partial charge is 0.0469 e. The van der Waals surface area contributed by atoms with Crippen LogP contribution in [0.1, 0.15) is 46.0 Å². The molecule has 15 heavy (non-hydrogen) atoms. The molecule has 3 unspecified atom stereocenters. The molecule has 0 aromatic heterocycles. The minimum absolute atomic E-state index is 0.684. The van der Waals surface area contributed by atoms with E-state index in [0.717, 1.165) is 31.1 Å². The summed E-state index contributed by atoms with van der Waals surface area (Å²) >= 11 is 0. The van der Waals surface area contributed by atoms with Crippen LogP contribution in [0.3, 0.4) is 0 Å². The molecule has 1 aliphatic heterocycles. The Kier molecular flexibility index (Phi) is 4.04. The lowest BCUT2D eigenvalue weighted by Crippen LogP contribution is -2.41. The molecular formula is C13H25NO. The monoisotopic (exact) mass is 211 g/mol. The molecule has 1 saturated carbocycles. The van der Waals surface area contributed by atoms with E-state index in [-0.39, 0.29) is 0 Å². The third-order valence-electron chi connectivity index (χ3n) is 4.17. The summed E-state index contributed by atoms with van der Waals surface area (Å²) < 4.78 is 5.41. The van der Waals surface area contributed by atoms with Crippen LogP contribution in [0.2, 0.25) is 0 Å². The number of hydrogen-bond acceptors (Lipinski definition) is 2. The van der Waals surface area contributed by atoms with Gasteiger partial charge in [-0.15, -0.1) is 0 Å². The highest BCUT2D eigenvalue weighted by Gasteiger charge is 2.26. The standard InChI is InChI=1S/C13H25NO/c1-10-3-4-13(9-10)14-11(2)12-5-7-15-8-6-12/h10-14H,3-9H2,1-2H3. The van der Waals surface area contributed by atoms with Crippen LogP contribution in [0.5, 0.6) is 0 Å². The summed E-state index contributed by atoms with van der Waals surface area (Å²) in [4.78, 5) is 0. The Hall–Kier alpha value is -0.0800. The topological polar surface area (TPSA) is 21.3 Å². The van der Waals surface area contributed by atoms with Gasteiger partial charge in [0.1, 0.15) is 0 Å². The molecule has 1 saturated heterocycles. The molecule has 0 aromatic carbocycles. The number of nitrogens with one attached hydrogen (secondary N) is 1. The van der Waals surface area contributed by atoms with Gasteiger partial charge in [0.2, 0.25) is 0 Å². The predicted molar refractivity (Wildman–Crippen MR) is 62.9 cm³/mol. The first-order valence-corrected chi connectivity index (χ1v) is 6.59. The molecule has 2 nitrogen and oxygen atoms in total. The number of ether oxygens (including phenoxy) is 1. The van der Waals surface area contributed by atoms with Crippen molar-refractivity contribution in [1.29, 1.82) is 0 Å². The highest BCUT2D eigenvalue weighted by Crippen LogP contribution is 2.26. The Labute approximate surface area is 93.8 Å².